The molecule has 0 aliphatic carbocycles. The normalized spacial score (nSPS) is 13.6. The first-order chi connectivity index (χ1) is 4.81. The van der Waals surface area contributed by atoms with Crippen LogP contribution in [0.1, 0.15) is 13.8 Å². The molecule has 0 aromatic heterocycles. The molecule has 0 rings (SSSR count). The lowest BCUT2D eigenvalue weighted by Gasteiger charge is -2.26. The van der Waals surface area contributed by atoms with Gasteiger partial charge in [-0.15, -0.1) is 0 Å². The van der Waals surface area contributed by atoms with Crippen LogP contribution in [-0.2, 0) is 9.37 Å². The summed E-state index contributed by atoms with van der Waals surface area (Å²) in [7, 11) is 0. The van der Waals surface area contributed by atoms with Crippen molar-refractivity contribution < 1.29 is 28.5 Å². The third kappa shape index (κ3) is 3.30. The molecule has 0 radical (unpaired) electrons. The largest absolute Gasteiger partial charge is 0.691 e. The van der Waals surface area contributed by atoms with Crippen LogP contribution in [0.5, 0.6) is 0 Å². The molecule has 7 heteroatoms. The third-order valence-electron chi connectivity index (χ3n) is 0.879. The molecule has 1 N–H and O–H groups in total. The average molecular weight is 189 g/mol. The van der Waals surface area contributed by atoms with Crippen molar-refractivity contribution in [2.45, 2.75) is 24.7 Å². The molecule has 0 aliphatic heterocycles. The summed E-state index contributed by atoms with van der Waals surface area (Å²) in [5.41, 5.74) is -2.27. The molecule has 0 atom stereocenters. The third-order valence-corrected chi connectivity index (χ3v) is 1.71. The molecule has 0 heterocycles. The second-order valence-electron chi connectivity index (χ2n) is 2.30. The number of halogens is 2. The van der Waals surface area contributed by atoms with Crippen LogP contribution in [0.4, 0.5) is 8.78 Å². The first-order valence-electron chi connectivity index (χ1n) is 2.56. The highest BCUT2D eigenvalue weighted by Crippen LogP contribution is 2.39. The second-order valence-corrected chi connectivity index (χ2v) is 3.11. The molecule has 11 heavy (non-hydrogen) atoms. The van der Waals surface area contributed by atoms with Crippen LogP contribution >= 0.6 is 12.0 Å². The van der Waals surface area contributed by atoms with E-state index < -0.39 is 22.9 Å². The van der Waals surface area contributed by atoms with E-state index in [0.29, 0.717) is 0 Å². The lowest BCUT2D eigenvalue weighted by Crippen LogP contribution is -2.40. The first-order valence-corrected chi connectivity index (χ1v) is 3.30. The highest BCUT2D eigenvalue weighted by molar-refractivity contribution is 7.95. The molecule has 0 bridgehead atoms. The van der Waals surface area contributed by atoms with Gasteiger partial charge in [0.1, 0.15) is 17.6 Å². The van der Waals surface area contributed by atoms with Crippen molar-refractivity contribution >= 4 is 12.0 Å². The van der Waals surface area contributed by atoms with Crippen LogP contribution in [0.2, 0.25) is 0 Å². The predicted octanol–water partition coefficient (Wildman–Crippen LogP) is 0.222. The van der Waals surface area contributed by atoms with E-state index in [1.165, 1.54) is 0 Å². The van der Waals surface area contributed by atoms with Gasteiger partial charge >= 0.3 is 5.25 Å². The summed E-state index contributed by atoms with van der Waals surface area (Å²) in [6.07, 6.45) is 0. The molecule has 0 unspecified atom stereocenters. The van der Waals surface area contributed by atoms with Crippen molar-refractivity contribution in [3.63, 3.8) is 0 Å². The molecular weight excluding hydrogens is 182 g/mol. The van der Waals surface area contributed by atoms with Gasteiger partial charge in [0.2, 0.25) is 0 Å². The quantitative estimate of drug-likeness (QED) is 0.389. The Labute approximate surface area is 66.2 Å². The Kier molecular flexibility index (Phi) is 3.65. The maximum Gasteiger partial charge on any atom is 0.348 e. The van der Waals surface area contributed by atoms with Crippen LogP contribution < -0.4 is 5.26 Å². The van der Waals surface area contributed by atoms with Crippen molar-refractivity contribution in [2.24, 2.45) is 0 Å². The topological polar surface area (TPSA) is 61.8 Å². The van der Waals surface area contributed by atoms with Crippen molar-refractivity contribution in [1.29, 1.82) is 0 Å². The van der Waals surface area contributed by atoms with Crippen molar-refractivity contribution in [3.05, 3.63) is 0 Å². The van der Waals surface area contributed by atoms with Crippen LogP contribution in [0, 0.1) is 0 Å². The van der Waals surface area contributed by atoms with Gasteiger partial charge in [0, 0.05) is 0 Å². The standard InChI is InChI=1S/C4H8F2O4S/c1-3(2,7)4(5,6)11-10-9-8/h7-8H,1-2H3/p-1. The van der Waals surface area contributed by atoms with Crippen LogP contribution in [0.3, 0.4) is 0 Å². The Morgan fingerprint density at radius 1 is 1.45 bits per heavy atom. The van der Waals surface area contributed by atoms with E-state index in [2.05, 4.69) is 9.37 Å². The molecule has 0 saturated heterocycles. The highest BCUT2D eigenvalue weighted by atomic mass is 32.2. The Hall–Kier alpha value is 0.0500. The molecular formula is C4H7F2O4S-. The summed E-state index contributed by atoms with van der Waals surface area (Å²) in [5.74, 6) is 0. The number of rotatable bonds is 4. The minimum Gasteiger partial charge on any atom is -0.691 e. The van der Waals surface area contributed by atoms with Gasteiger partial charge in [-0.2, -0.15) is 13.1 Å². The molecule has 0 saturated carbocycles. The summed E-state index contributed by atoms with van der Waals surface area (Å²) in [4.78, 5) is 0. The van der Waals surface area contributed by atoms with Crippen LogP contribution in [-0.4, -0.2) is 16.0 Å². The SMILES string of the molecule is CC(C)(O)C(F)(F)SOO[O-]. The van der Waals surface area contributed by atoms with Gasteiger partial charge < -0.3 is 10.4 Å². The average Bonchev–Trinajstić information content (AvgIpc) is 1.81. The fourth-order valence-electron chi connectivity index (χ4n) is 0.159. The van der Waals surface area contributed by atoms with Gasteiger partial charge in [0.15, 0.2) is 0 Å². The predicted molar refractivity (Wildman–Crippen MR) is 31.0 cm³/mol. The van der Waals surface area contributed by atoms with Gasteiger partial charge in [-0.3, -0.25) is 5.04 Å². The van der Waals surface area contributed by atoms with E-state index in [1.807, 2.05) is 0 Å². The fraction of sp³-hybridized carbons (Fsp3) is 1.00. The summed E-state index contributed by atoms with van der Waals surface area (Å²) in [6, 6.07) is 0. The highest BCUT2D eigenvalue weighted by Gasteiger charge is 2.47. The van der Waals surface area contributed by atoms with Gasteiger partial charge in [-0.25, -0.2) is 0 Å². The van der Waals surface area contributed by atoms with E-state index in [0.717, 1.165) is 13.8 Å². The zero-order valence-corrected chi connectivity index (χ0v) is 6.65. The molecule has 0 fully saturated rings. The zero-order valence-electron chi connectivity index (χ0n) is 5.84. The maximum atomic E-state index is 12.5. The van der Waals surface area contributed by atoms with Gasteiger partial charge in [0.25, 0.3) is 0 Å². The molecule has 0 amide bonds. The monoisotopic (exact) mass is 189 g/mol. The number of hydrogen-bond acceptors (Lipinski definition) is 5. The lowest BCUT2D eigenvalue weighted by molar-refractivity contribution is -0.777. The summed E-state index contributed by atoms with van der Waals surface area (Å²) < 4.78 is 28.3. The van der Waals surface area contributed by atoms with E-state index in [9.17, 15) is 8.78 Å². The first kappa shape index (κ1) is 11.1. The number of aliphatic hydroxyl groups is 1. The van der Waals surface area contributed by atoms with Crippen LogP contribution in [0.15, 0.2) is 0 Å². The summed E-state index contributed by atoms with van der Waals surface area (Å²) in [6.45, 7) is 1.77. The molecule has 0 aromatic rings. The minimum atomic E-state index is -3.59. The zero-order chi connectivity index (χ0) is 9.12. The smallest absolute Gasteiger partial charge is 0.348 e. The number of alkyl halides is 2. The van der Waals surface area contributed by atoms with Crippen molar-refractivity contribution in [1.82, 2.24) is 0 Å². The van der Waals surface area contributed by atoms with Crippen molar-refractivity contribution in [3.8, 4) is 0 Å². The maximum absolute atomic E-state index is 12.5. The van der Waals surface area contributed by atoms with Crippen LogP contribution in [0.25, 0.3) is 0 Å². The molecule has 0 spiro atoms. The number of hydrogen-bond donors (Lipinski definition) is 1. The fourth-order valence-corrected chi connectivity index (χ4v) is 0.476. The van der Waals surface area contributed by atoms with Gasteiger partial charge in [-0.05, 0) is 13.8 Å². The van der Waals surface area contributed by atoms with E-state index >= 15 is 0 Å². The molecule has 68 valence electrons. The summed E-state index contributed by atoms with van der Waals surface area (Å²) >= 11 is -0.532. The molecule has 4 nitrogen and oxygen atoms in total. The van der Waals surface area contributed by atoms with Gasteiger partial charge in [-0.1, -0.05) is 0 Å². The van der Waals surface area contributed by atoms with Gasteiger partial charge in [0.05, 0.1) is 0 Å². The van der Waals surface area contributed by atoms with E-state index in [1.54, 1.807) is 0 Å². The Morgan fingerprint density at radius 3 is 2.18 bits per heavy atom. The Bertz CT molecular complexity index is 124. The Morgan fingerprint density at radius 2 is 1.91 bits per heavy atom. The summed E-state index contributed by atoms with van der Waals surface area (Å²) in [5, 5.41) is 17.0. The minimum absolute atomic E-state index is 0.532. The second kappa shape index (κ2) is 3.63. The lowest BCUT2D eigenvalue weighted by atomic mass is 10.1. The molecule has 0 aliphatic rings. The Balaban J connectivity index is 4.00. The van der Waals surface area contributed by atoms with Crippen molar-refractivity contribution in [2.75, 3.05) is 0 Å². The van der Waals surface area contributed by atoms with E-state index in [4.69, 9.17) is 10.4 Å². The van der Waals surface area contributed by atoms with E-state index in [-0.39, 0.29) is 0 Å². The molecule has 0 aromatic carbocycles.